The normalized spacial score (nSPS) is 21.9. The van der Waals surface area contributed by atoms with Crippen LogP contribution in [0, 0.1) is 0 Å². The highest BCUT2D eigenvalue weighted by Crippen LogP contribution is 2.27. The van der Waals surface area contributed by atoms with E-state index in [1.165, 1.54) is 6.92 Å². The summed E-state index contributed by atoms with van der Waals surface area (Å²) in [6.07, 6.45) is 2.26. The molecule has 0 aromatic heterocycles. The molecule has 2 atom stereocenters. The number of hydrogen-bond acceptors (Lipinski definition) is 3. The van der Waals surface area contributed by atoms with Crippen LogP contribution >= 0.6 is 0 Å². The second kappa shape index (κ2) is 6.37. The monoisotopic (exact) mass is 273 g/mol. The van der Waals surface area contributed by atoms with Crippen LogP contribution in [0.5, 0.6) is 0 Å². The molecule has 1 heterocycles. The zero-order chi connectivity index (χ0) is 14.5. The van der Waals surface area contributed by atoms with Crippen molar-refractivity contribution in [2.24, 2.45) is 0 Å². The number of esters is 1. The standard InChI is InChI=1S/C16H19NO3/c1-3-7-14-15(20-12(2)18)10-16(19)17(14)11-13-8-5-4-6-9-13/h3-6,8-9,14-15H,1,7,10-11H2,2H3/t14-,15+/m1/s1. The lowest BCUT2D eigenvalue weighted by Gasteiger charge is -2.27. The fourth-order valence-electron chi connectivity index (χ4n) is 2.58. The molecule has 20 heavy (non-hydrogen) atoms. The molecule has 2 rings (SSSR count). The fourth-order valence-corrected chi connectivity index (χ4v) is 2.58. The van der Waals surface area contributed by atoms with Gasteiger partial charge in [0.15, 0.2) is 0 Å². The van der Waals surface area contributed by atoms with Gasteiger partial charge in [0.2, 0.25) is 5.91 Å². The number of amides is 1. The van der Waals surface area contributed by atoms with Crippen molar-refractivity contribution in [3.63, 3.8) is 0 Å². The van der Waals surface area contributed by atoms with Crippen molar-refractivity contribution >= 4 is 11.9 Å². The summed E-state index contributed by atoms with van der Waals surface area (Å²) in [5.41, 5.74) is 1.07. The molecule has 0 saturated carbocycles. The molecular weight excluding hydrogens is 254 g/mol. The number of carbonyl (C=O) groups is 2. The van der Waals surface area contributed by atoms with Gasteiger partial charge in [-0.25, -0.2) is 0 Å². The van der Waals surface area contributed by atoms with E-state index in [0.29, 0.717) is 13.0 Å². The Morgan fingerprint density at radius 3 is 2.75 bits per heavy atom. The molecule has 1 saturated heterocycles. The van der Waals surface area contributed by atoms with Crippen molar-refractivity contribution in [1.29, 1.82) is 0 Å². The van der Waals surface area contributed by atoms with Gasteiger partial charge < -0.3 is 9.64 Å². The van der Waals surface area contributed by atoms with E-state index in [9.17, 15) is 9.59 Å². The van der Waals surface area contributed by atoms with Crippen molar-refractivity contribution in [3.05, 3.63) is 48.6 Å². The van der Waals surface area contributed by atoms with Gasteiger partial charge in [0.25, 0.3) is 0 Å². The van der Waals surface area contributed by atoms with Crippen LogP contribution in [-0.4, -0.2) is 28.9 Å². The van der Waals surface area contributed by atoms with Crippen molar-refractivity contribution in [2.75, 3.05) is 0 Å². The van der Waals surface area contributed by atoms with E-state index in [-0.39, 0.29) is 30.4 Å². The average Bonchev–Trinajstić information content (AvgIpc) is 2.68. The van der Waals surface area contributed by atoms with Crippen LogP contribution in [0.4, 0.5) is 0 Å². The molecule has 1 aromatic carbocycles. The van der Waals surface area contributed by atoms with Gasteiger partial charge >= 0.3 is 5.97 Å². The second-order valence-electron chi connectivity index (χ2n) is 4.95. The zero-order valence-electron chi connectivity index (χ0n) is 11.6. The molecule has 4 nitrogen and oxygen atoms in total. The molecule has 0 spiro atoms. The summed E-state index contributed by atoms with van der Waals surface area (Å²) in [6.45, 7) is 5.63. The number of hydrogen-bond donors (Lipinski definition) is 0. The molecule has 4 heteroatoms. The van der Waals surface area contributed by atoms with Gasteiger partial charge in [-0.3, -0.25) is 9.59 Å². The smallest absolute Gasteiger partial charge is 0.302 e. The first kappa shape index (κ1) is 14.3. The van der Waals surface area contributed by atoms with Crippen LogP contribution < -0.4 is 0 Å². The predicted molar refractivity (Wildman–Crippen MR) is 75.8 cm³/mol. The van der Waals surface area contributed by atoms with E-state index in [0.717, 1.165) is 5.56 Å². The maximum Gasteiger partial charge on any atom is 0.302 e. The van der Waals surface area contributed by atoms with Crippen molar-refractivity contribution in [2.45, 2.75) is 38.5 Å². The Morgan fingerprint density at radius 2 is 2.15 bits per heavy atom. The first-order valence-electron chi connectivity index (χ1n) is 6.73. The van der Waals surface area contributed by atoms with Crippen molar-refractivity contribution in [3.8, 4) is 0 Å². The molecule has 0 N–H and O–H groups in total. The molecule has 1 amide bonds. The molecule has 0 radical (unpaired) electrons. The zero-order valence-corrected chi connectivity index (χ0v) is 11.6. The lowest BCUT2D eigenvalue weighted by Crippen LogP contribution is -2.37. The highest BCUT2D eigenvalue weighted by molar-refractivity contribution is 5.80. The Morgan fingerprint density at radius 1 is 1.45 bits per heavy atom. The summed E-state index contributed by atoms with van der Waals surface area (Å²) in [6, 6.07) is 9.68. The quantitative estimate of drug-likeness (QED) is 0.611. The van der Waals surface area contributed by atoms with Gasteiger partial charge in [-0.1, -0.05) is 36.4 Å². The Bertz CT molecular complexity index is 498. The van der Waals surface area contributed by atoms with E-state index in [4.69, 9.17) is 4.74 Å². The number of likely N-dealkylation sites (tertiary alicyclic amines) is 1. The van der Waals surface area contributed by atoms with Crippen LogP contribution in [0.3, 0.4) is 0 Å². The van der Waals surface area contributed by atoms with E-state index in [2.05, 4.69) is 6.58 Å². The largest absolute Gasteiger partial charge is 0.460 e. The van der Waals surface area contributed by atoms with E-state index in [1.54, 1.807) is 11.0 Å². The summed E-state index contributed by atoms with van der Waals surface area (Å²) >= 11 is 0. The van der Waals surface area contributed by atoms with Gasteiger partial charge in [-0.2, -0.15) is 0 Å². The summed E-state index contributed by atoms with van der Waals surface area (Å²) in [5.74, 6) is -0.328. The summed E-state index contributed by atoms with van der Waals surface area (Å²) in [7, 11) is 0. The van der Waals surface area contributed by atoms with E-state index < -0.39 is 0 Å². The summed E-state index contributed by atoms with van der Waals surface area (Å²) in [5, 5.41) is 0. The second-order valence-corrected chi connectivity index (χ2v) is 4.95. The molecule has 1 fully saturated rings. The van der Waals surface area contributed by atoms with Crippen LogP contribution in [0.2, 0.25) is 0 Å². The van der Waals surface area contributed by atoms with Gasteiger partial charge in [0, 0.05) is 13.5 Å². The minimum atomic E-state index is -0.373. The summed E-state index contributed by atoms with van der Waals surface area (Å²) < 4.78 is 5.27. The van der Waals surface area contributed by atoms with Crippen LogP contribution in [0.25, 0.3) is 0 Å². The number of rotatable bonds is 5. The van der Waals surface area contributed by atoms with Crippen molar-refractivity contribution in [1.82, 2.24) is 4.90 Å². The maximum absolute atomic E-state index is 12.2. The van der Waals surface area contributed by atoms with Crippen molar-refractivity contribution < 1.29 is 14.3 Å². The Labute approximate surface area is 119 Å². The number of nitrogens with zero attached hydrogens (tertiary/aromatic N) is 1. The minimum Gasteiger partial charge on any atom is -0.460 e. The average molecular weight is 273 g/mol. The highest BCUT2D eigenvalue weighted by atomic mass is 16.5. The van der Waals surface area contributed by atoms with Gasteiger partial charge in [-0.05, 0) is 12.0 Å². The molecule has 1 aliphatic rings. The molecule has 106 valence electrons. The minimum absolute atomic E-state index is 0.0203. The van der Waals surface area contributed by atoms with Crippen LogP contribution in [-0.2, 0) is 20.9 Å². The highest BCUT2D eigenvalue weighted by Gasteiger charge is 2.40. The third kappa shape index (κ3) is 3.26. The van der Waals surface area contributed by atoms with Gasteiger partial charge in [-0.15, -0.1) is 6.58 Å². The fraction of sp³-hybridized carbons (Fsp3) is 0.375. The van der Waals surface area contributed by atoms with Crippen LogP contribution in [0.1, 0.15) is 25.3 Å². The summed E-state index contributed by atoms with van der Waals surface area (Å²) in [4.78, 5) is 25.1. The Kier molecular flexibility index (Phi) is 4.56. The van der Waals surface area contributed by atoms with Gasteiger partial charge in [0.05, 0.1) is 12.5 Å². The SMILES string of the molecule is C=CC[C@@H]1[C@@H](OC(C)=O)CC(=O)N1Cc1ccccc1. The number of benzene rings is 1. The third-order valence-corrected chi connectivity index (χ3v) is 3.45. The Balaban J connectivity index is 2.14. The molecule has 1 aromatic rings. The number of ether oxygens (including phenoxy) is 1. The first-order valence-corrected chi connectivity index (χ1v) is 6.73. The molecule has 0 unspecified atom stereocenters. The Hall–Kier alpha value is -2.10. The molecule has 1 aliphatic heterocycles. The lowest BCUT2D eigenvalue weighted by molar-refractivity contribution is -0.147. The lowest BCUT2D eigenvalue weighted by atomic mass is 10.1. The van der Waals surface area contributed by atoms with E-state index >= 15 is 0 Å². The molecule has 0 aliphatic carbocycles. The van der Waals surface area contributed by atoms with Gasteiger partial charge in [0.1, 0.15) is 6.10 Å². The first-order chi connectivity index (χ1) is 9.61. The molecule has 0 bridgehead atoms. The topological polar surface area (TPSA) is 46.6 Å². The van der Waals surface area contributed by atoms with Crippen LogP contribution in [0.15, 0.2) is 43.0 Å². The third-order valence-electron chi connectivity index (χ3n) is 3.45. The maximum atomic E-state index is 12.2. The molecular formula is C16H19NO3. The predicted octanol–water partition coefficient (Wildman–Crippen LogP) is 2.30. The number of carbonyl (C=O) groups excluding carboxylic acids is 2. The van der Waals surface area contributed by atoms with E-state index in [1.807, 2.05) is 30.3 Å².